The third-order valence-electron chi connectivity index (χ3n) is 4.71. The quantitative estimate of drug-likeness (QED) is 0.809. The van der Waals surface area contributed by atoms with Crippen molar-refractivity contribution in [1.29, 1.82) is 0 Å². The SMILES string of the molecule is CCC(C)C(=O)O[C@H]1C(=O)c2c(O)cc(OC)cc2O[C@@H]1c1ccccc1. The summed E-state index contributed by atoms with van der Waals surface area (Å²) < 4.78 is 16.7. The zero-order chi connectivity index (χ0) is 19.6. The number of carbonyl (C=O) groups is 2. The topological polar surface area (TPSA) is 82.1 Å². The number of aromatic hydroxyl groups is 1. The third kappa shape index (κ3) is 3.60. The van der Waals surface area contributed by atoms with Crippen molar-refractivity contribution in [2.24, 2.45) is 5.92 Å². The second-order valence-electron chi connectivity index (χ2n) is 6.50. The molecule has 0 bridgehead atoms. The van der Waals surface area contributed by atoms with Gasteiger partial charge in [-0.05, 0) is 12.0 Å². The smallest absolute Gasteiger partial charge is 0.309 e. The van der Waals surface area contributed by atoms with Gasteiger partial charge in [-0.3, -0.25) is 9.59 Å². The molecule has 6 nitrogen and oxygen atoms in total. The van der Waals surface area contributed by atoms with E-state index in [1.54, 1.807) is 19.1 Å². The first kappa shape index (κ1) is 18.8. The second kappa shape index (κ2) is 7.70. The molecule has 1 unspecified atom stereocenters. The van der Waals surface area contributed by atoms with Crippen molar-refractivity contribution in [1.82, 2.24) is 0 Å². The molecule has 0 radical (unpaired) electrons. The number of methoxy groups -OCH3 is 1. The molecule has 3 rings (SSSR count). The summed E-state index contributed by atoms with van der Waals surface area (Å²) in [6, 6.07) is 11.9. The molecular weight excluding hydrogens is 348 g/mol. The van der Waals surface area contributed by atoms with Crippen molar-refractivity contribution in [3.63, 3.8) is 0 Å². The minimum atomic E-state index is -1.18. The molecule has 27 heavy (non-hydrogen) atoms. The minimum Gasteiger partial charge on any atom is -0.507 e. The van der Waals surface area contributed by atoms with Crippen LogP contribution < -0.4 is 9.47 Å². The predicted molar refractivity (Wildman–Crippen MR) is 98.1 cm³/mol. The molecule has 0 saturated carbocycles. The molecule has 0 aliphatic carbocycles. The summed E-state index contributed by atoms with van der Waals surface area (Å²) in [5.41, 5.74) is 0.686. The monoisotopic (exact) mass is 370 g/mol. The Morgan fingerprint density at radius 1 is 1.26 bits per heavy atom. The molecule has 0 amide bonds. The number of rotatable bonds is 5. The zero-order valence-corrected chi connectivity index (χ0v) is 15.5. The standard InChI is InChI=1S/C21H22O6/c1-4-12(2)21(24)27-20-18(23)17-15(22)10-14(25-3)11-16(17)26-19(20)13-8-6-5-7-9-13/h5-12,19-20,22H,4H2,1-3H3/t12?,19-,20+/m1/s1. The van der Waals surface area contributed by atoms with Gasteiger partial charge in [0.05, 0.1) is 13.0 Å². The van der Waals surface area contributed by atoms with Gasteiger partial charge in [-0.2, -0.15) is 0 Å². The van der Waals surface area contributed by atoms with Gasteiger partial charge < -0.3 is 19.3 Å². The second-order valence-corrected chi connectivity index (χ2v) is 6.50. The lowest BCUT2D eigenvalue weighted by molar-refractivity contribution is -0.156. The molecule has 1 heterocycles. The van der Waals surface area contributed by atoms with Crippen LogP contribution in [-0.4, -0.2) is 30.1 Å². The maximum Gasteiger partial charge on any atom is 0.309 e. The van der Waals surface area contributed by atoms with Crippen molar-refractivity contribution in [2.75, 3.05) is 7.11 Å². The Kier molecular flexibility index (Phi) is 5.35. The van der Waals surface area contributed by atoms with Gasteiger partial charge in [0, 0.05) is 12.1 Å². The van der Waals surface area contributed by atoms with Crippen LogP contribution in [-0.2, 0) is 9.53 Å². The predicted octanol–water partition coefficient (Wildman–Crippen LogP) is 3.68. The van der Waals surface area contributed by atoms with Gasteiger partial charge in [0.15, 0.2) is 6.10 Å². The summed E-state index contributed by atoms with van der Waals surface area (Å²) in [6.07, 6.45) is -1.40. The fraction of sp³-hybridized carbons (Fsp3) is 0.333. The molecule has 142 valence electrons. The summed E-state index contributed by atoms with van der Waals surface area (Å²) in [5.74, 6) is -1.04. The molecule has 0 saturated heterocycles. The van der Waals surface area contributed by atoms with Crippen LogP contribution in [0.15, 0.2) is 42.5 Å². The van der Waals surface area contributed by atoms with Crippen LogP contribution in [0.3, 0.4) is 0 Å². The summed E-state index contributed by atoms with van der Waals surface area (Å²) in [5, 5.41) is 10.3. The molecule has 0 aromatic heterocycles. The van der Waals surface area contributed by atoms with Crippen molar-refractivity contribution in [2.45, 2.75) is 32.5 Å². The van der Waals surface area contributed by atoms with Gasteiger partial charge in [-0.25, -0.2) is 0 Å². The molecule has 0 spiro atoms. The highest BCUT2D eigenvalue weighted by Crippen LogP contribution is 2.43. The Morgan fingerprint density at radius 2 is 1.96 bits per heavy atom. The minimum absolute atomic E-state index is 0.00932. The van der Waals surface area contributed by atoms with E-state index in [2.05, 4.69) is 0 Å². The van der Waals surface area contributed by atoms with E-state index < -0.39 is 24.0 Å². The fourth-order valence-electron chi connectivity index (χ4n) is 2.92. The molecule has 2 aromatic carbocycles. The largest absolute Gasteiger partial charge is 0.507 e. The number of carbonyl (C=O) groups excluding carboxylic acids is 2. The zero-order valence-electron chi connectivity index (χ0n) is 15.5. The van der Waals surface area contributed by atoms with E-state index in [1.807, 2.05) is 25.1 Å². The van der Waals surface area contributed by atoms with Crippen molar-refractivity contribution >= 4 is 11.8 Å². The van der Waals surface area contributed by atoms with Gasteiger partial charge >= 0.3 is 5.97 Å². The summed E-state index contributed by atoms with van der Waals surface area (Å²) in [7, 11) is 1.46. The van der Waals surface area contributed by atoms with Crippen LogP contribution in [0, 0.1) is 5.92 Å². The number of fused-ring (bicyclic) bond motifs is 1. The van der Waals surface area contributed by atoms with Gasteiger partial charge in [0.25, 0.3) is 0 Å². The Morgan fingerprint density at radius 3 is 2.59 bits per heavy atom. The van der Waals surface area contributed by atoms with Crippen LogP contribution in [0.2, 0.25) is 0 Å². The number of hydrogen-bond donors (Lipinski definition) is 1. The Balaban J connectivity index is 2.05. The summed E-state index contributed by atoms with van der Waals surface area (Å²) >= 11 is 0. The molecule has 1 aliphatic rings. The van der Waals surface area contributed by atoms with Crippen LogP contribution in [0.4, 0.5) is 0 Å². The first-order valence-corrected chi connectivity index (χ1v) is 8.83. The molecule has 0 fully saturated rings. The van der Waals surface area contributed by atoms with E-state index in [-0.39, 0.29) is 23.0 Å². The average Bonchev–Trinajstić information content (AvgIpc) is 2.69. The van der Waals surface area contributed by atoms with Crippen LogP contribution in [0.1, 0.15) is 42.3 Å². The Labute approximate surface area is 157 Å². The van der Waals surface area contributed by atoms with E-state index in [0.717, 1.165) is 0 Å². The fourth-order valence-corrected chi connectivity index (χ4v) is 2.92. The van der Waals surface area contributed by atoms with Crippen molar-refractivity contribution in [3.05, 3.63) is 53.6 Å². The molecule has 6 heteroatoms. The highest BCUT2D eigenvalue weighted by molar-refractivity contribution is 6.06. The number of ether oxygens (including phenoxy) is 3. The van der Waals surface area contributed by atoms with Crippen LogP contribution >= 0.6 is 0 Å². The number of benzene rings is 2. The summed E-state index contributed by atoms with van der Waals surface area (Å²) in [4.78, 5) is 25.5. The number of hydrogen-bond acceptors (Lipinski definition) is 6. The number of ketones is 1. The first-order chi connectivity index (χ1) is 13.0. The number of phenols is 1. The van der Waals surface area contributed by atoms with Gasteiger partial charge in [0.2, 0.25) is 11.9 Å². The number of phenolic OH excluding ortho intramolecular Hbond substituents is 1. The summed E-state index contributed by atoms with van der Waals surface area (Å²) in [6.45, 7) is 3.61. The maximum absolute atomic E-state index is 13.1. The van der Waals surface area contributed by atoms with E-state index in [4.69, 9.17) is 14.2 Å². The van der Waals surface area contributed by atoms with E-state index in [1.165, 1.54) is 19.2 Å². The van der Waals surface area contributed by atoms with Crippen LogP contribution in [0.25, 0.3) is 0 Å². The molecule has 2 aromatic rings. The van der Waals surface area contributed by atoms with Gasteiger partial charge in [-0.1, -0.05) is 44.2 Å². The third-order valence-corrected chi connectivity index (χ3v) is 4.71. The van der Waals surface area contributed by atoms with E-state index in [0.29, 0.717) is 17.7 Å². The number of esters is 1. The highest BCUT2D eigenvalue weighted by atomic mass is 16.6. The Hall–Kier alpha value is -3.02. The lowest BCUT2D eigenvalue weighted by atomic mass is 9.92. The normalized spacial score (nSPS) is 19.6. The van der Waals surface area contributed by atoms with E-state index >= 15 is 0 Å². The van der Waals surface area contributed by atoms with E-state index in [9.17, 15) is 14.7 Å². The maximum atomic E-state index is 13.1. The van der Waals surface area contributed by atoms with Crippen molar-refractivity contribution in [3.8, 4) is 17.2 Å². The first-order valence-electron chi connectivity index (χ1n) is 8.83. The molecule has 1 N–H and O–H groups in total. The average molecular weight is 370 g/mol. The van der Waals surface area contributed by atoms with Gasteiger partial charge in [-0.15, -0.1) is 0 Å². The Bertz CT molecular complexity index is 845. The molecular formula is C21H22O6. The number of Topliss-reactive ketones (excluding diaryl/α,β-unsaturated/α-hetero) is 1. The van der Waals surface area contributed by atoms with Gasteiger partial charge in [0.1, 0.15) is 22.8 Å². The molecule has 1 aliphatic heterocycles. The van der Waals surface area contributed by atoms with Crippen molar-refractivity contribution < 1.29 is 28.9 Å². The highest BCUT2D eigenvalue weighted by Gasteiger charge is 2.43. The lowest BCUT2D eigenvalue weighted by Crippen LogP contribution is -2.40. The lowest BCUT2D eigenvalue weighted by Gasteiger charge is -2.33. The molecule has 3 atom stereocenters. The van der Waals surface area contributed by atoms with Crippen LogP contribution in [0.5, 0.6) is 17.2 Å².